The van der Waals surface area contributed by atoms with E-state index in [0.717, 1.165) is 53.7 Å². The minimum atomic E-state index is -0.331. The molecule has 0 amide bonds. The fourth-order valence-electron chi connectivity index (χ4n) is 6.59. The lowest BCUT2D eigenvalue weighted by Gasteiger charge is -2.08. The number of thiophene rings is 1. The first-order valence-electron chi connectivity index (χ1n) is 14.2. The Morgan fingerprint density at radius 1 is 0.372 bits per heavy atom. The second kappa shape index (κ2) is 8.99. The Bertz CT molecular complexity index is 2700. The minimum absolute atomic E-state index is 0.317. The average Bonchev–Trinajstić information content (AvgIpc) is 3.56. The smallest absolute Gasteiger partial charge is 0.266 e. The van der Waals surface area contributed by atoms with Gasteiger partial charge in [0, 0.05) is 42.0 Å². The molecular weight excluding hydrogens is 548 g/mol. The fourth-order valence-corrected chi connectivity index (χ4v) is 7.71. The second-order valence-corrected chi connectivity index (χ2v) is 12.0. The molecule has 9 aromatic rings. The predicted octanol–water partition coefficient (Wildman–Crippen LogP) is 8.97. The van der Waals surface area contributed by atoms with Crippen molar-refractivity contribution in [3.8, 4) is 11.4 Å². The monoisotopic (exact) mass is 570 g/mol. The van der Waals surface area contributed by atoms with Gasteiger partial charge in [0.05, 0.1) is 22.1 Å². The van der Waals surface area contributed by atoms with Gasteiger partial charge in [-0.1, -0.05) is 72.8 Å². The van der Waals surface area contributed by atoms with Gasteiger partial charge in [-0.2, -0.15) is 0 Å². The van der Waals surface area contributed by atoms with Gasteiger partial charge in [-0.3, -0.25) is 9.59 Å². The molecule has 9 rings (SSSR count). The number of aromatic nitrogens is 2. The SMILES string of the molecule is O=c1c2cc3sc4ccccc4c3cc2c2cc3c4ccccc4n(-c4ccccc4)c3cc2c(=O)n1-c1ccccc1. The molecule has 4 nitrogen and oxygen atoms in total. The number of hydrogen-bond donors (Lipinski definition) is 0. The van der Waals surface area contributed by atoms with Crippen LogP contribution in [0.25, 0.3) is 74.9 Å². The van der Waals surface area contributed by atoms with E-state index in [1.165, 1.54) is 9.27 Å². The van der Waals surface area contributed by atoms with E-state index < -0.39 is 0 Å². The van der Waals surface area contributed by atoms with Crippen LogP contribution in [-0.4, -0.2) is 9.13 Å². The first-order valence-corrected chi connectivity index (χ1v) is 15.0. The summed E-state index contributed by atoms with van der Waals surface area (Å²) in [5, 5.41) is 6.95. The number of hydrogen-bond acceptors (Lipinski definition) is 3. The van der Waals surface area contributed by atoms with Crippen LogP contribution in [0.1, 0.15) is 0 Å². The van der Waals surface area contributed by atoms with Gasteiger partial charge in [0.1, 0.15) is 0 Å². The Morgan fingerprint density at radius 2 is 0.930 bits per heavy atom. The first-order chi connectivity index (χ1) is 21.2. The molecule has 43 heavy (non-hydrogen) atoms. The van der Waals surface area contributed by atoms with Crippen LogP contribution in [0.4, 0.5) is 0 Å². The van der Waals surface area contributed by atoms with Gasteiger partial charge >= 0.3 is 0 Å². The van der Waals surface area contributed by atoms with E-state index in [2.05, 4.69) is 53.1 Å². The molecule has 0 N–H and O–H groups in total. The topological polar surface area (TPSA) is 44.0 Å². The highest BCUT2D eigenvalue weighted by molar-refractivity contribution is 7.25. The predicted molar refractivity (Wildman–Crippen MR) is 181 cm³/mol. The third kappa shape index (κ3) is 3.43. The van der Waals surface area contributed by atoms with Crippen molar-refractivity contribution in [2.75, 3.05) is 0 Å². The molecular formula is C38H22N2O2S. The highest BCUT2D eigenvalue weighted by Crippen LogP contribution is 2.39. The Kier molecular flexibility index (Phi) is 5.04. The van der Waals surface area contributed by atoms with Crippen molar-refractivity contribution < 1.29 is 0 Å². The third-order valence-electron chi connectivity index (χ3n) is 8.51. The normalized spacial score (nSPS) is 11.9. The molecule has 5 heteroatoms. The third-order valence-corrected chi connectivity index (χ3v) is 9.65. The number of rotatable bonds is 2. The summed E-state index contributed by atoms with van der Waals surface area (Å²) in [6.45, 7) is 0. The average molecular weight is 571 g/mol. The van der Waals surface area contributed by atoms with Gasteiger partial charge in [-0.15, -0.1) is 11.3 Å². The van der Waals surface area contributed by atoms with E-state index >= 15 is 0 Å². The molecule has 0 unspecified atom stereocenters. The lowest BCUT2D eigenvalue weighted by molar-refractivity contribution is 0.976. The molecule has 0 saturated carbocycles. The van der Waals surface area contributed by atoms with Gasteiger partial charge in [0.2, 0.25) is 0 Å². The number of nitrogens with zero attached hydrogens (tertiary/aromatic N) is 2. The number of benzene rings is 6. The molecule has 0 fully saturated rings. The molecule has 202 valence electrons. The summed E-state index contributed by atoms with van der Waals surface area (Å²) in [6, 6.07) is 44.3. The van der Waals surface area contributed by atoms with Crippen LogP contribution < -0.4 is 11.1 Å². The zero-order valence-electron chi connectivity index (χ0n) is 22.8. The van der Waals surface area contributed by atoms with Crippen LogP contribution in [0.3, 0.4) is 0 Å². The minimum Gasteiger partial charge on any atom is -0.309 e. The summed E-state index contributed by atoms with van der Waals surface area (Å²) in [7, 11) is 0. The summed E-state index contributed by atoms with van der Waals surface area (Å²) in [4.78, 5) is 29.0. The van der Waals surface area contributed by atoms with E-state index in [1.807, 2.05) is 84.9 Å². The van der Waals surface area contributed by atoms with Crippen molar-refractivity contribution in [1.82, 2.24) is 9.13 Å². The Morgan fingerprint density at radius 3 is 1.65 bits per heavy atom. The zero-order valence-corrected chi connectivity index (χ0v) is 23.6. The van der Waals surface area contributed by atoms with E-state index in [4.69, 9.17) is 0 Å². The van der Waals surface area contributed by atoms with Crippen molar-refractivity contribution >= 4 is 74.9 Å². The van der Waals surface area contributed by atoms with Gasteiger partial charge in [-0.05, 0) is 71.4 Å². The van der Waals surface area contributed by atoms with E-state index in [0.29, 0.717) is 16.5 Å². The summed E-state index contributed by atoms with van der Waals surface area (Å²) in [6.07, 6.45) is 0. The van der Waals surface area contributed by atoms with E-state index in [9.17, 15) is 9.59 Å². The standard InChI is InChI=1S/C38H22N2O2S/c41-37-31-21-34-29(25-15-7-9-17-33(25)39(34)23-11-3-1-4-12-23)19-27(31)28-20-30-26-16-8-10-18-35(26)43-36(30)22-32(28)38(42)40(37)24-13-5-2-6-14-24/h1-22H. The maximum atomic E-state index is 14.6. The van der Waals surface area contributed by atoms with E-state index in [-0.39, 0.29) is 11.1 Å². The molecule has 3 aromatic heterocycles. The molecule has 0 radical (unpaired) electrons. The lowest BCUT2D eigenvalue weighted by atomic mass is 10.0. The van der Waals surface area contributed by atoms with Gasteiger partial charge in [0.25, 0.3) is 11.1 Å². The summed E-state index contributed by atoms with van der Waals surface area (Å²) < 4.78 is 5.74. The fraction of sp³-hybridized carbons (Fsp3) is 0. The molecule has 0 aliphatic carbocycles. The maximum absolute atomic E-state index is 14.6. The largest absolute Gasteiger partial charge is 0.309 e. The second-order valence-electron chi connectivity index (χ2n) is 10.9. The molecule has 3 heterocycles. The Balaban J connectivity index is 1.56. The van der Waals surface area contributed by atoms with Crippen molar-refractivity contribution in [3.05, 3.63) is 154 Å². The summed E-state index contributed by atoms with van der Waals surface area (Å²) >= 11 is 1.67. The van der Waals surface area contributed by atoms with Crippen LogP contribution in [0.2, 0.25) is 0 Å². The lowest BCUT2D eigenvalue weighted by Crippen LogP contribution is -2.28. The quantitative estimate of drug-likeness (QED) is 0.208. The molecule has 0 aliphatic heterocycles. The number of para-hydroxylation sites is 3. The molecule has 0 bridgehead atoms. The van der Waals surface area contributed by atoms with Gasteiger partial charge in [-0.25, -0.2) is 4.57 Å². The van der Waals surface area contributed by atoms with Crippen molar-refractivity contribution in [2.24, 2.45) is 0 Å². The molecule has 0 saturated heterocycles. The molecule has 0 atom stereocenters. The van der Waals surface area contributed by atoms with Crippen LogP contribution in [0, 0.1) is 0 Å². The summed E-state index contributed by atoms with van der Waals surface area (Å²) in [5.74, 6) is 0. The molecule has 0 aliphatic rings. The van der Waals surface area contributed by atoms with Crippen molar-refractivity contribution in [2.45, 2.75) is 0 Å². The van der Waals surface area contributed by atoms with Gasteiger partial charge < -0.3 is 4.57 Å². The van der Waals surface area contributed by atoms with Crippen LogP contribution in [0.15, 0.2) is 143 Å². The molecule has 6 aromatic carbocycles. The maximum Gasteiger partial charge on any atom is 0.266 e. The zero-order chi connectivity index (χ0) is 28.7. The summed E-state index contributed by atoms with van der Waals surface area (Å²) in [5.41, 5.74) is 2.90. The van der Waals surface area contributed by atoms with Crippen LogP contribution >= 0.6 is 11.3 Å². The highest BCUT2D eigenvalue weighted by Gasteiger charge is 2.19. The molecule has 0 spiro atoms. The van der Waals surface area contributed by atoms with Crippen LogP contribution in [-0.2, 0) is 0 Å². The Hall–Kier alpha value is -5.52. The Labute approximate surface area is 248 Å². The number of fused-ring (bicyclic) bond motifs is 9. The van der Waals surface area contributed by atoms with Crippen molar-refractivity contribution in [1.29, 1.82) is 0 Å². The van der Waals surface area contributed by atoms with Crippen molar-refractivity contribution in [3.63, 3.8) is 0 Å². The van der Waals surface area contributed by atoms with Gasteiger partial charge in [0.15, 0.2) is 0 Å². The van der Waals surface area contributed by atoms with Crippen LogP contribution in [0.5, 0.6) is 0 Å². The highest BCUT2D eigenvalue weighted by atomic mass is 32.1. The van der Waals surface area contributed by atoms with E-state index in [1.54, 1.807) is 11.3 Å². The first kappa shape index (κ1) is 24.1.